The highest BCUT2D eigenvalue weighted by molar-refractivity contribution is 5.66. The van der Waals surface area contributed by atoms with Crippen molar-refractivity contribution in [1.82, 2.24) is 9.97 Å². The van der Waals surface area contributed by atoms with Gasteiger partial charge in [-0.3, -0.25) is 9.78 Å². The predicted octanol–water partition coefficient (Wildman–Crippen LogP) is 1.32. The molecule has 0 spiro atoms. The summed E-state index contributed by atoms with van der Waals surface area (Å²) in [5.41, 5.74) is -1.32. The smallest absolute Gasteiger partial charge is 0.313 e. The highest BCUT2D eigenvalue weighted by Gasteiger charge is 2.15. The fraction of sp³-hybridized carbons (Fsp3) is 0.0909. The summed E-state index contributed by atoms with van der Waals surface area (Å²) in [6.45, 7) is 1.54. The minimum Gasteiger partial charge on any atom is -0.313 e. The maximum absolute atomic E-state index is 13.6. The summed E-state index contributed by atoms with van der Waals surface area (Å²) in [5, 5.41) is 0. The lowest BCUT2D eigenvalue weighted by Gasteiger charge is -2.06. The summed E-state index contributed by atoms with van der Waals surface area (Å²) in [6.07, 6.45) is 1.06. The number of benzene rings is 1. The van der Waals surface area contributed by atoms with Gasteiger partial charge in [0.25, 0.3) is 5.56 Å². The molecule has 0 amide bonds. The van der Waals surface area contributed by atoms with Crippen LogP contribution < -0.4 is 11.2 Å². The van der Waals surface area contributed by atoms with Crippen molar-refractivity contribution in [1.29, 1.82) is 0 Å². The van der Waals surface area contributed by atoms with Crippen LogP contribution >= 0.6 is 0 Å². The van der Waals surface area contributed by atoms with Crippen LogP contribution in [0.1, 0.15) is 5.56 Å². The van der Waals surface area contributed by atoms with E-state index in [1.807, 2.05) is 4.98 Å². The fourth-order valence-electron chi connectivity index (χ4n) is 1.57. The summed E-state index contributed by atoms with van der Waals surface area (Å²) in [7, 11) is 0. The highest BCUT2D eigenvalue weighted by Crippen LogP contribution is 2.24. The Morgan fingerprint density at radius 1 is 1.18 bits per heavy atom. The molecule has 2 aromatic rings. The van der Waals surface area contributed by atoms with Crippen molar-refractivity contribution >= 4 is 0 Å². The number of rotatable bonds is 1. The SMILES string of the molecule is Cc1ccc(F)c(F)c1-c1c[nH]c(=O)[nH]c1=O. The van der Waals surface area contributed by atoms with Crippen LogP contribution in [0, 0.1) is 18.6 Å². The van der Waals surface area contributed by atoms with Gasteiger partial charge in [-0.2, -0.15) is 0 Å². The van der Waals surface area contributed by atoms with Gasteiger partial charge in [-0.1, -0.05) is 6.07 Å². The number of H-pyrrole nitrogens is 2. The molecule has 0 radical (unpaired) electrons. The molecule has 6 heteroatoms. The van der Waals surface area contributed by atoms with E-state index in [4.69, 9.17) is 0 Å². The second-order valence-electron chi connectivity index (χ2n) is 3.54. The van der Waals surface area contributed by atoms with Crippen molar-refractivity contribution in [3.63, 3.8) is 0 Å². The summed E-state index contributed by atoms with van der Waals surface area (Å²) in [6, 6.07) is 2.34. The average molecular weight is 238 g/mol. The molecule has 0 unspecified atom stereocenters. The van der Waals surface area contributed by atoms with Crippen LogP contribution in [0.25, 0.3) is 11.1 Å². The molecule has 2 N–H and O–H groups in total. The van der Waals surface area contributed by atoms with Gasteiger partial charge in [0.15, 0.2) is 11.6 Å². The van der Waals surface area contributed by atoms with E-state index < -0.39 is 22.9 Å². The van der Waals surface area contributed by atoms with Gasteiger partial charge in [0, 0.05) is 11.8 Å². The van der Waals surface area contributed by atoms with E-state index in [1.165, 1.54) is 6.07 Å². The van der Waals surface area contributed by atoms with Gasteiger partial charge in [-0.15, -0.1) is 0 Å². The fourth-order valence-corrected chi connectivity index (χ4v) is 1.57. The first-order chi connectivity index (χ1) is 8.00. The standard InChI is InChI=1S/C11H8F2N2O2/c1-5-2-3-7(12)9(13)8(5)6-4-14-11(17)15-10(6)16/h2-4H,1H3,(H2,14,15,16,17). The van der Waals surface area contributed by atoms with Crippen LogP contribution in [-0.2, 0) is 0 Å². The summed E-state index contributed by atoms with van der Waals surface area (Å²) in [5.74, 6) is -2.15. The molecule has 1 aromatic carbocycles. The molecule has 0 fully saturated rings. The Kier molecular flexibility index (Phi) is 2.63. The first-order valence-electron chi connectivity index (χ1n) is 4.77. The Balaban J connectivity index is 2.81. The third-order valence-electron chi connectivity index (χ3n) is 2.39. The zero-order valence-electron chi connectivity index (χ0n) is 8.80. The molecular formula is C11H8F2N2O2. The molecule has 0 aliphatic rings. The molecule has 0 aliphatic heterocycles. The molecule has 0 saturated carbocycles. The molecule has 17 heavy (non-hydrogen) atoms. The number of hydrogen-bond donors (Lipinski definition) is 2. The van der Waals surface area contributed by atoms with Crippen molar-refractivity contribution in [2.45, 2.75) is 6.92 Å². The number of hydrogen-bond acceptors (Lipinski definition) is 2. The van der Waals surface area contributed by atoms with Crippen molar-refractivity contribution in [2.75, 3.05) is 0 Å². The zero-order chi connectivity index (χ0) is 12.6. The molecule has 0 saturated heterocycles. The normalized spacial score (nSPS) is 10.5. The van der Waals surface area contributed by atoms with E-state index in [0.29, 0.717) is 5.56 Å². The minimum atomic E-state index is -1.11. The lowest BCUT2D eigenvalue weighted by Crippen LogP contribution is -2.23. The zero-order valence-corrected chi connectivity index (χ0v) is 8.80. The first-order valence-corrected chi connectivity index (χ1v) is 4.77. The lowest BCUT2D eigenvalue weighted by molar-refractivity contribution is 0.510. The number of aromatic amines is 2. The van der Waals surface area contributed by atoms with Gasteiger partial charge in [-0.25, -0.2) is 13.6 Å². The van der Waals surface area contributed by atoms with Crippen LogP contribution in [0.5, 0.6) is 0 Å². The predicted molar refractivity (Wildman–Crippen MR) is 57.8 cm³/mol. The van der Waals surface area contributed by atoms with Gasteiger partial charge in [-0.05, 0) is 18.6 Å². The van der Waals surface area contributed by atoms with E-state index in [2.05, 4.69) is 4.98 Å². The summed E-state index contributed by atoms with van der Waals surface area (Å²) < 4.78 is 26.7. The monoisotopic (exact) mass is 238 g/mol. The van der Waals surface area contributed by atoms with E-state index in [0.717, 1.165) is 12.3 Å². The van der Waals surface area contributed by atoms with Crippen LogP contribution in [-0.4, -0.2) is 9.97 Å². The Labute approximate surface area is 93.9 Å². The third-order valence-corrected chi connectivity index (χ3v) is 2.39. The lowest BCUT2D eigenvalue weighted by atomic mass is 10.0. The largest absolute Gasteiger partial charge is 0.325 e. The van der Waals surface area contributed by atoms with Crippen LogP contribution in [0.3, 0.4) is 0 Å². The Morgan fingerprint density at radius 2 is 1.88 bits per heavy atom. The van der Waals surface area contributed by atoms with E-state index in [9.17, 15) is 18.4 Å². The Bertz CT molecular complexity index is 689. The second kappa shape index (κ2) is 3.97. The molecule has 88 valence electrons. The molecule has 0 aliphatic carbocycles. The summed E-state index contributed by atoms with van der Waals surface area (Å²) >= 11 is 0. The molecule has 0 atom stereocenters. The van der Waals surface area contributed by atoms with Crippen LogP contribution in [0.15, 0.2) is 27.9 Å². The van der Waals surface area contributed by atoms with E-state index in [-0.39, 0.29) is 11.1 Å². The van der Waals surface area contributed by atoms with E-state index >= 15 is 0 Å². The Morgan fingerprint density at radius 3 is 2.53 bits per heavy atom. The first kappa shape index (κ1) is 11.3. The molecule has 4 nitrogen and oxygen atoms in total. The maximum atomic E-state index is 13.6. The van der Waals surface area contributed by atoms with Gasteiger partial charge in [0.1, 0.15) is 0 Å². The van der Waals surface area contributed by atoms with Gasteiger partial charge in [0.2, 0.25) is 0 Å². The van der Waals surface area contributed by atoms with Crippen LogP contribution in [0.4, 0.5) is 8.78 Å². The number of nitrogens with one attached hydrogen (secondary N) is 2. The second-order valence-corrected chi connectivity index (χ2v) is 3.54. The minimum absolute atomic E-state index is 0.112. The highest BCUT2D eigenvalue weighted by atomic mass is 19.2. The van der Waals surface area contributed by atoms with Gasteiger partial charge >= 0.3 is 5.69 Å². The molecule has 0 bridgehead atoms. The van der Waals surface area contributed by atoms with Gasteiger partial charge < -0.3 is 4.98 Å². The van der Waals surface area contributed by atoms with Crippen molar-refractivity contribution in [3.8, 4) is 11.1 Å². The van der Waals surface area contributed by atoms with Gasteiger partial charge in [0.05, 0.1) is 5.56 Å². The third kappa shape index (κ3) is 1.89. The molecular weight excluding hydrogens is 230 g/mol. The maximum Gasteiger partial charge on any atom is 0.325 e. The van der Waals surface area contributed by atoms with Crippen molar-refractivity contribution < 1.29 is 8.78 Å². The quantitative estimate of drug-likeness (QED) is 0.786. The topological polar surface area (TPSA) is 65.7 Å². The molecule has 1 aromatic heterocycles. The number of aromatic nitrogens is 2. The molecule has 2 rings (SSSR count). The van der Waals surface area contributed by atoms with Crippen LogP contribution in [0.2, 0.25) is 0 Å². The number of halogens is 2. The summed E-state index contributed by atoms with van der Waals surface area (Å²) in [4.78, 5) is 26.5. The number of aryl methyl sites for hydroxylation is 1. The average Bonchev–Trinajstić information content (AvgIpc) is 2.27. The van der Waals surface area contributed by atoms with Crippen molar-refractivity contribution in [3.05, 3.63) is 56.4 Å². The molecule has 1 heterocycles. The van der Waals surface area contributed by atoms with E-state index in [1.54, 1.807) is 6.92 Å². The van der Waals surface area contributed by atoms with Crippen molar-refractivity contribution in [2.24, 2.45) is 0 Å². The Hall–Kier alpha value is -2.24.